The van der Waals surface area contributed by atoms with Gasteiger partial charge in [-0.15, -0.1) is 0 Å². The molecule has 0 aliphatic heterocycles. The Kier molecular flexibility index (Phi) is 4.84. The summed E-state index contributed by atoms with van der Waals surface area (Å²) >= 11 is 6.19. The van der Waals surface area contributed by atoms with Crippen LogP contribution in [0.3, 0.4) is 0 Å². The highest BCUT2D eigenvalue weighted by Crippen LogP contribution is 2.21. The van der Waals surface area contributed by atoms with Crippen LogP contribution in [0.4, 0.5) is 0 Å². The van der Waals surface area contributed by atoms with Crippen molar-refractivity contribution >= 4 is 11.6 Å². The van der Waals surface area contributed by atoms with E-state index in [1.54, 1.807) is 4.68 Å². The molecule has 0 saturated heterocycles. The summed E-state index contributed by atoms with van der Waals surface area (Å²) in [5.74, 6) is 0. The maximum absolute atomic E-state index is 10.2. The van der Waals surface area contributed by atoms with E-state index in [-0.39, 0.29) is 0 Å². The Morgan fingerprint density at radius 1 is 1.35 bits per heavy atom. The van der Waals surface area contributed by atoms with E-state index >= 15 is 0 Å². The third-order valence-electron chi connectivity index (χ3n) is 3.56. The fourth-order valence-electron chi connectivity index (χ4n) is 2.44. The number of benzene rings is 1. The highest BCUT2D eigenvalue weighted by Gasteiger charge is 2.15. The minimum Gasteiger partial charge on any atom is -0.393 e. The van der Waals surface area contributed by atoms with E-state index in [2.05, 4.69) is 36.3 Å². The predicted molar refractivity (Wildman–Crippen MR) is 82.2 cm³/mol. The minimum absolute atomic E-state index is 0.393. The quantitative estimate of drug-likeness (QED) is 0.919. The zero-order chi connectivity index (χ0) is 14.7. The molecule has 0 amide bonds. The second kappa shape index (κ2) is 6.42. The minimum atomic E-state index is -0.393. The van der Waals surface area contributed by atoms with E-state index < -0.39 is 6.10 Å². The summed E-state index contributed by atoms with van der Waals surface area (Å²) in [4.78, 5) is 0. The smallest absolute Gasteiger partial charge is 0.130 e. The molecule has 1 heterocycles. The predicted octanol–water partition coefficient (Wildman–Crippen LogP) is 3.23. The number of hydrogen-bond donors (Lipinski definition) is 1. The fraction of sp³-hybridized carbons (Fsp3) is 0.438. The van der Waals surface area contributed by atoms with Crippen LogP contribution in [0.1, 0.15) is 28.8 Å². The highest BCUT2D eigenvalue weighted by atomic mass is 35.5. The lowest BCUT2D eigenvalue weighted by atomic mass is 10.0. The van der Waals surface area contributed by atoms with Gasteiger partial charge >= 0.3 is 0 Å². The Hall–Kier alpha value is -1.32. The second-order valence-electron chi connectivity index (χ2n) is 5.36. The summed E-state index contributed by atoms with van der Waals surface area (Å²) in [7, 11) is 1.82. The molecule has 4 heteroatoms. The number of aliphatic hydroxyl groups is 1. The summed E-state index contributed by atoms with van der Waals surface area (Å²) in [5, 5.41) is 15.1. The Bertz CT molecular complexity index is 592. The molecule has 1 aromatic carbocycles. The fourth-order valence-corrected chi connectivity index (χ4v) is 2.70. The summed E-state index contributed by atoms with van der Waals surface area (Å²) in [6, 6.07) is 8.40. The SMILES string of the molecule is Cc1cccc(CCC(O)Cc2c(C)nn(C)c2Cl)c1. The van der Waals surface area contributed by atoms with Crippen LogP contribution in [0.25, 0.3) is 0 Å². The van der Waals surface area contributed by atoms with Crippen molar-refractivity contribution in [2.75, 3.05) is 0 Å². The first kappa shape index (κ1) is 15.1. The third kappa shape index (κ3) is 3.62. The first-order valence-electron chi connectivity index (χ1n) is 6.89. The summed E-state index contributed by atoms with van der Waals surface area (Å²) in [6.45, 7) is 4.01. The molecular formula is C16H21ClN2O. The number of hydrogen-bond acceptors (Lipinski definition) is 2. The average Bonchev–Trinajstić information content (AvgIpc) is 2.63. The van der Waals surface area contributed by atoms with Gasteiger partial charge < -0.3 is 5.11 Å². The van der Waals surface area contributed by atoms with Crippen molar-refractivity contribution in [3.8, 4) is 0 Å². The lowest BCUT2D eigenvalue weighted by molar-refractivity contribution is 0.165. The molecule has 0 radical (unpaired) electrons. The van der Waals surface area contributed by atoms with Crippen molar-refractivity contribution in [3.05, 3.63) is 51.8 Å². The van der Waals surface area contributed by atoms with Crippen LogP contribution in [-0.4, -0.2) is 21.0 Å². The largest absolute Gasteiger partial charge is 0.393 e. The highest BCUT2D eigenvalue weighted by molar-refractivity contribution is 6.30. The van der Waals surface area contributed by atoms with E-state index in [9.17, 15) is 5.11 Å². The Labute approximate surface area is 125 Å². The van der Waals surface area contributed by atoms with Gasteiger partial charge in [0.25, 0.3) is 0 Å². The van der Waals surface area contributed by atoms with Gasteiger partial charge in [-0.1, -0.05) is 41.4 Å². The molecule has 108 valence electrons. The first-order valence-corrected chi connectivity index (χ1v) is 7.26. The molecule has 1 N–H and O–H groups in total. The molecule has 1 atom stereocenters. The summed E-state index contributed by atoms with van der Waals surface area (Å²) in [5.41, 5.74) is 4.36. The molecule has 0 aliphatic rings. The lowest BCUT2D eigenvalue weighted by Gasteiger charge is -2.11. The number of aromatic nitrogens is 2. The van der Waals surface area contributed by atoms with E-state index in [4.69, 9.17) is 11.6 Å². The van der Waals surface area contributed by atoms with Gasteiger partial charge in [0.05, 0.1) is 11.8 Å². The molecule has 0 bridgehead atoms. The number of halogens is 1. The molecule has 0 saturated carbocycles. The lowest BCUT2D eigenvalue weighted by Crippen LogP contribution is -2.12. The van der Waals surface area contributed by atoms with Crippen molar-refractivity contribution in [1.82, 2.24) is 9.78 Å². The van der Waals surface area contributed by atoms with Crippen LogP contribution in [0.15, 0.2) is 24.3 Å². The number of nitrogens with zero attached hydrogens (tertiary/aromatic N) is 2. The van der Waals surface area contributed by atoms with E-state index in [1.807, 2.05) is 14.0 Å². The Morgan fingerprint density at radius 2 is 2.10 bits per heavy atom. The number of aliphatic hydroxyl groups excluding tert-OH is 1. The molecule has 2 aromatic rings. The van der Waals surface area contributed by atoms with Gasteiger partial charge in [0.15, 0.2) is 0 Å². The Balaban J connectivity index is 1.94. The van der Waals surface area contributed by atoms with Crippen LogP contribution in [0.2, 0.25) is 5.15 Å². The van der Waals surface area contributed by atoms with Crippen LogP contribution in [0, 0.1) is 13.8 Å². The average molecular weight is 293 g/mol. The molecule has 1 aromatic heterocycles. The van der Waals surface area contributed by atoms with Gasteiger partial charge in [-0.05, 0) is 32.3 Å². The zero-order valence-corrected chi connectivity index (χ0v) is 13.0. The van der Waals surface area contributed by atoms with Gasteiger partial charge in [-0.3, -0.25) is 4.68 Å². The van der Waals surface area contributed by atoms with Crippen LogP contribution in [-0.2, 0) is 19.9 Å². The van der Waals surface area contributed by atoms with Gasteiger partial charge in [-0.2, -0.15) is 5.10 Å². The molecule has 0 aliphatic carbocycles. The van der Waals surface area contributed by atoms with E-state index in [0.29, 0.717) is 11.6 Å². The Morgan fingerprint density at radius 3 is 2.70 bits per heavy atom. The van der Waals surface area contributed by atoms with E-state index in [0.717, 1.165) is 24.1 Å². The standard InChI is InChI=1S/C16H21ClN2O/c1-11-5-4-6-13(9-11)7-8-14(20)10-15-12(2)18-19(3)16(15)17/h4-6,9,14,20H,7-8,10H2,1-3H3. The third-order valence-corrected chi connectivity index (χ3v) is 4.03. The number of rotatable bonds is 5. The van der Waals surface area contributed by atoms with Crippen molar-refractivity contribution < 1.29 is 5.11 Å². The maximum Gasteiger partial charge on any atom is 0.130 e. The first-order chi connectivity index (χ1) is 9.47. The van der Waals surface area contributed by atoms with Crippen LogP contribution in [0.5, 0.6) is 0 Å². The van der Waals surface area contributed by atoms with Gasteiger partial charge in [0, 0.05) is 19.0 Å². The molecular weight excluding hydrogens is 272 g/mol. The van der Waals surface area contributed by atoms with Crippen molar-refractivity contribution in [2.24, 2.45) is 7.05 Å². The van der Waals surface area contributed by atoms with Gasteiger partial charge in [0.1, 0.15) is 5.15 Å². The normalized spacial score (nSPS) is 12.7. The number of aryl methyl sites for hydroxylation is 4. The summed E-state index contributed by atoms with van der Waals surface area (Å²) < 4.78 is 1.65. The molecule has 0 fully saturated rings. The summed E-state index contributed by atoms with van der Waals surface area (Å²) in [6.07, 6.45) is 1.77. The van der Waals surface area contributed by atoms with Crippen molar-refractivity contribution in [2.45, 2.75) is 39.2 Å². The van der Waals surface area contributed by atoms with Crippen molar-refractivity contribution in [3.63, 3.8) is 0 Å². The molecule has 2 rings (SSSR count). The maximum atomic E-state index is 10.2. The molecule has 20 heavy (non-hydrogen) atoms. The van der Waals surface area contributed by atoms with Gasteiger partial charge in [0.2, 0.25) is 0 Å². The second-order valence-corrected chi connectivity index (χ2v) is 5.72. The van der Waals surface area contributed by atoms with Crippen molar-refractivity contribution in [1.29, 1.82) is 0 Å². The zero-order valence-electron chi connectivity index (χ0n) is 12.2. The van der Waals surface area contributed by atoms with Crippen LogP contribution >= 0.6 is 11.6 Å². The molecule has 3 nitrogen and oxygen atoms in total. The molecule has 0 spiro atoms. The van der Waals surface area contributed by atoms with Crippen LogP contribution < -0.4 is 0 Å². The molecule has 1 unspecified atom stereocenters. The topological polar surface area (TPSA) is 38.1 Å². The van der Waals surface area contributed by atoms with Gasteiger partial charge in [-0.25, -0.2) is 0 Å². The monoisotopic (exact) mass is 292 g/mol. The van der Waals surface area contributed by atoms with E-state index in [1.165, 1.54) is 11.1 Å².